The van der Waals surface area contributed by atoms with Crippen molar-refractivity contribution in [2.24, 2.45) is 0 Å². The highest BCUT2D eigenvalue weighted by Crippen LogP contribution is 2.35. The van der Waals surface area contributed by atoms with E-state index in [9.17, 15) is 9.59 Å². The number of rotatable bonds is 4. The van der Waals surface area contributed by atoms with Crippen molar-refractivity contribution in [3.8, 4) is 0 Å². The molecule has 0 amide bonds. The van der Waals surface area contributed by atoms with E-state index in [1.54, 1.807) is 0 Å². The number of aromatic amines is 2. The van der Waals surface area contributed by atoms with Gasteiger partial charge >= 0.3 is 5.69 Å². The predicted octanol–water partition coefficient (Wildman–Crippen LogP) is 0.534. The molecule has 1 rings (SSSR count). The van der Waals surface area contributed by atoms with Crippen molar-refractivity contribution in [1.82, 2.24) is 9.97 Å². The Hall–Kier alpha value is -0.750. The Morgan fingerprint density at radius 2 is 2.00 bits per heavy atom. The van der Waals surface area contributed by atoms with Crippen LogP contribution in [0.25, 0.3) is 0 Å². The zero-order chi connectivity index (χ0) is 13.3. The molecule has 0 aliphatic carbocycles. The number of nitrogens with one attached hydrogen (secondary N) is 2. The summed E-state index contributed by atoms with van der Waals surface area (Å²) in [6, 6.07) is 1.24. The van der Waals surface area contributed by atoms with Gasteiger partial charge in [0.25, 0.3) is 5.56 Å². The second kappa shape index (κ2) is 8.36. The van der Waals surface area contributed by atoms with Crippen LogP contribution in [0.4, 0.5) is 0 Å². The molecule has 0 fully saturated rings. The van der Waals surface area contributed by atoms with Gasteiger partial charge in [0.05, 0.1) is 0 Å². The van der Waals surface area contributed by atoms with E-state index in [1.807, 2.05) is 4.98 Å². The van der Waals surface area contributed by atoms with E-state index in [4.69, 9.17) is 9.79 Å². The van der Waals surface area contributed by atoms with Gasteiger partial charge in [-0.05, 0) is 18.2 Å². The standard InChI is InChI=1S/C5H13O2PS.C4H4N2O2/c1-2-3-4-5-8(6,7)9;7-3-1-2-5-4(8)6-3/h2-5H2,1H3,(H2,6,7,9);1-2H,(H2,5,6,7,8). The lowest BCUT2D eigenvalue weighted by Crippen LogP contribution is -2.19. The summed E-state index contributed by atoms with van der Waals surface area (Å²) in [5.74, 6) is 0. The van der Waals surface area contributed by atoms with Gasteiger partial charge in [-0.3, -0.25) is 9.78 Å². The first-order chi connectivity index (χ1) is 7.85. The molecule has 1 heterocycles. The fraction of sp³-hybridized carbons (Fsp3) is 0.556. The Bertz CT molecular complexity index is 439. The van der Waals surface area contributed by atoms with Gasteiger partial charge < -0.3 is 14.8 Å². The molecule has 0 saturated carbocycles. The van der Waals surface area contributed by atoms with Crippen molar-refractivity contribution in [3.05, 3.63) is 33.1 Å². The van der Waals surface area contributed by atoms with Gasteiger partial charge in [0.2, 0.25) is 0 Å². The third-order valence-corrected chi connectivity index (χ3v) is 3.19. The van der Waals surface area contributed by atoms with E-state index in [2.05, 4.69) is 23.7 Å². The van der Waals surface area contributed by atoms with Crippen LogP contribution in [-0.4, -0.2) is 25.9 Å². The van der Waals surface area contributed by atoms with Crippen LogP contribution in [-0.2, 0) is 11.8 Å². The zero-order valence-corrected chi connectivity index (χ0v) is 11.3. The van der Waals surface area contributed by atoms with Crippen LogP contribution in [0, 0.1) is 0 Å². The van der Waals surface area contributed by atoms with Crippen LogP contribution in [0.15, 0.2) is 21.9 Å². The van der Waals surface area contributed by atoms with Crippen molar-refractivity contribution in [3.63, 3.8) is 0 Å². The van der Waals surface area contributed by atoms with Crippen molar-refractivity contribution in [2.75, 3.05) is 6.16 Å². The van der Waals surface area contributed by atoms with Gasteiger partial charge in [0.15, 0.2) is 6.49 Å². The van der Waals surface area contributed by atoms with E-state index in [-0.39, 0.29) is 5.56 Å². The van der Waals surface area contributed by atoms with Gasteiger partial charge in [-0.1, -0.05) is 19.8 Å². The summed E-state index contributed by atoms with van der Waals surface area (Å²) in [5, 5.41) is 0. The maximum absolute atomic E-state index is 10.2. The molecule has 17 heavy (non-hydrogen) atoms. The number of unbranched alkanes of at least 4 members (excludes halogenated alkanes) is 2. The highest BCUT2D eigenvalue weighted by molar-refractivity contribution is 8.09. The summed E-state index contributed by atoms with van der Waals surface area (Å²) in [6.45, 7) is -0.794. The Kier molecular flexibility index (Phi) is 7.99. The fourth-order valence-corrected chi connectivity index (χ4v) is 1.97. The molecule has 0 atom stereocenters. The largest absolute Gasteiger partial charge is 0.345 e. The maximum atomic E-state index is 10.2. The van der Waals surface area contributed by atoms with Crippen molar-refractivity contribution in [2.45, 2.75) is 26.2 Å². The summed E-state index contributed by atoms with van der Waals surface area (Å²) < 4.78 is 0. The number of hydrogen-bond donors (Lipinski definition) is 4. The van der Waals surface area contributed by atoms with Gasteiger partial charge in [0.1, 0.15) is 0 Å². The van der Waals surface area contributed by atoms with Crippen molar-refractivity contribution >= 4 is 18.3 Å². The van der Waals surface area contributed by atoms with E-state index >= 15 is 0 Å². The second-order valence-corrected chi connectivity index (χ2v) is 6.92. The minimum absolute atomic E-state index is 0.381. The van der Waals surface area contributed by atoms with Crippen LogP contribution in [0.2, 0.25) is 0 Å². The van der Waals surface area contributed by atoms with Crippen molar-refractivity contribution < 1.29 is 9.79 Å². The first-order valence-corrected chi connectivity index (χ1v) is 8.07. The molecular formula is C9H17N2O4PS. The molecule has 1 aromatic heterocycles. The molecular weight excluding hydrogens is 263 g/mol. The molecule has 0 radical (unpaired) electrons. The summed E-state index contributed by atoms with van der Waals surface area (Å²) in [6.07, 6.45) is 4.69. The lowest BCUT2D eigenvalue weighted by atomic mass is 10.3. The van der Waals surface area contributed by atoms with Crippen LogP contribution in [0.1, 0.15) is 26.2 Å². The Morgan fingerprint density at radius 3 is 2.35 bits per heavy atom. The van der Waals surface area contributed by atoms with Gasteiger partial charge in [-0.25, -0.2) is 4.79 Å². The molecule has 0 aliphatic heterocycles. The minimum Gasteiger partial charge on any atom is -0.345 e. The summed E-state index contributed by atoms with van der Waals surface area (Å²) in [5.41, 5.74) is -0.855. The van der Waals surface area contributed by atoms with Gasteiger partial charge in [-0.2, -0.15) is 0 Å². The summed E-state index contributed by atoms with van der Waals surface area (Å²) in [4.78, 5) is 42.1. The molecule has 0 bridgehead atoms. The fourth-order valence-electron chi connectivity index (χ4n) is 0.950. The SMILES string of the molecule is CCCCCP(O)(O)=S.O=c1cc[nH]c(=O)[nH]1. The number of H-pyrrole nitrogens is 2. The first-order valence-electron chi connectivity index (χ1n) is 5.17. The molecule has 0 aromatic carbocycles. The van der Waals surface area contributed by atoms with Crippen LogP contribution in [0.5, 0.6) is 0 Å². The number of hydrogen-bond acceptors (Lipinski definition) is 3. The van der Waals surface area contributed by atoms with Crippen molar-refractivity contribution in [1.29, 1.82) is 0 Å². The first kappa shape index (κ1) is 16.2. The van der Waals surface area contributed by atoms with Gasteiger partial charge in [-0.15, -0.1) is 0 Å². The van der Waals surface area contributed by atoms with Crippen LogP contribution < -0.4 is 11.2 Å². The molecule has 8 heteroatoms. The maximum Gasteiger partial charge on any atom is 0.325 e. The molecule has 0 unspecified atom stereocenters. The zero-order valence-electron chi connectivity index (χ0n) is 9.55. The van der Waals surface area contributed by atoms with E-state index < -0.39 is 12.2 Å². The Balaban J connectivity index is 0.000000302. The lowest BCUT2D eigenvalue weighted by Gasteiger charge is -2.04. The quantitative estimate of drug-likeness (QED) is 0.475. The minimum atomic E-state index is -2.86. The molecule has 98 valence electrons. The lowest BCUT2D eigenvalue weighted by molar-refractivity contribution is 0.475. The Morgan fingerprint density at radius 1 is 1.35 bits per heavy atom. The molecule has 4 N–H and O–H groups in total. The predicted molar refractivity (Wildman–Crippen MR) is 70.8 cm³/mol. The summed E-state index contributed by atoms with van der Waals surface area (Å²) >= 11 is 4.42. The molecule has 0 saturated heterocycles. The highest BCUT2D eigenvalue weighted by atomic mass is 32.5. The van der Waals surface area contributed by atoms with Crippen LogP contribution in [0.3, 0.4) is 0 Å². The molecule has 1 aromatic rings. The molecule has 0 aliphatic rings. The highest BCUT2D eigenvalue weighted by Gasteiger charge is 2.04. The van der Waals surface area contributed by atoms with E-state index in [1.165, 1.54) is 12.3 Å². The summed E-state index contributed by atoms with van der Waals surface area (Å²) in [7, 11) is 0. The van der Waals surface area contributed by atoms with E-state index in [0.29, 0.717) is 6.16 Å². The normalized spacial score (nSPS) is 10.5. The average molecular weight is 280 g/mol. The van der Waals surface area contributed by atoms with Crippen LogP contribution >= 0.6 is 6.49 Å². The molecule has 0 spiro atoms. The second-order valence-electron chi connectivity index (χ2n) is 3.39. The molecule has 6 nitrogen and oxygen atoms in total. The average Bonchev–Trinajstić information content (AvgIpc) is 2.16. The number of aromatic nitrogens is 2. The van der Waals surface area contributed by atoms with E-state index in [0.717, 1.165) is 19.3 Å². The smallest absolute Gasteiger partial charge is 0.325 e. The van der Waals surface area contributed by atoms with Gasteiger partial charge in [0, 0.05) is 18.4 Å². The third-order valence-electron chi connectivity index (χ3n) is 1.74. The third kappa shape index (κ3) is 11.5. The Labute approximate surface area is 104 Å². The topological polar surface area (TPSA) is 106 Å². The monoisotopic (exact) mass is 280 g/mol.